The highest BCUT2D eigenvalue weighted by atomic mass is 35.5. The predicted molar refractivity (Wildman–Crippen MR) is 166 cm³/mol. The third-order valence-electron chi connectivity index (χ3n) is 7.78. The average molecular weight is 675 g/mol. The Bertz CT molecular complexity index is 1940. The lowest BCUT2D eigenvalue weighted by Crippen LogP contribution is -2.50. The van der Waals surface area contributed by atoms with Crippen molar-refractivity contribution in [1.29, 1.82) is 0 Å². The highest BCUT2D eigenvalue weighted by molar-refractivity contribution is 6.33. The Morgan fingerprint density at radius 2 is 1.79 bits per heavy atom. The zero-order valence-corrected chi connectivity index (χ0v) is 26.5. The fourth-order valence-electron chi connectivity index (χ4n) is 5.41. The van der Waals surface area contributed by atoms with Crippen LogP contribution in [0.1, 0.15) is 40.1 Å². The number of anilines is 2. The van der Waals surface area contributed by atoms with Gasteiger partial charge in [-0.05, 0) is 38.5 Å². The number of pyridine rings is 1. The first-order valence-corrected chi connectivity index (χ1v) is 14.8. The maximum Gasteiger partial charge on any atom is 0.416 e. The number of halogens is 4. The van der Waals surface area contributed by atoms with Crippen molar-refractivity contribution in [2.45, 2.75) is 39.9 Å². The van der Waals surface area contributed by atoms with Crippen LogP contribution in [-0.2, 0) is 23.9 Å². The van der Waals surface area contributed by atoms with E-state index in [-0.39, 0.29) is 89.7 Å². The molecule has 1 aliphatic rings. The van der Waals surface area contributed by atoms with Crippen molar-refractivity contribution >= 4 is 46.0 Å². The van der Waals surface area contributed by atoms with Crippen LogP contribution in [0.2, 0.25) is 5.02 Å². The third kappa shape index (κ3) is 6.50. The summed E-state index contributed by atoms with van der Waals surface area (Å²) in [5, 5.41) is 12.6. The first kappa shape index (κ1) is 33.4. The van der Waals surface area contributed by atoms with Crippen molar-refractivity contribution in [1.82, 2.24) is 29.4 Å². The number of hydrogen-bond donors (Lipinski definition) is 2. The number of aromatic hydroxyl groups is 1. The number of methoxy groups -OCH3 is 1. The van der Waals surface area contributed by atoms with Crippen LogP contribution in [0.15, 0.2) is 29.3 Å². The summed E-state index contributed by atoms with van der Waals surface area (Å²) in [7, 11) is 1.39. The molecule has 0 bridgehead atoms. The quantitative estimate of drug-likeness (QED) is 0.296. The van der Waals surface area contributed by atoms with E-state index in [1.807, 2.05) is 0 Å². The summed E-state index contributed by atoms with van der Waals surface area (Å²) in [6, 6.07) is 2.60. The molecule has 0 radical (unpaired) electrons. The van der Waals surface area contributed by atoms with Crippen LogP contribution in [-0.4, -0.2) is 79.6 Å². The number of rotatable bonds is 7. The van der Waals surface area contributed by atoms with Crippen LogP contribution in [0, 0.1) is 13.8 Å². The molecule has 0 unspecified atom stereocenters. The molecule has 13 nitrogen and oxygen atoms in total. The van der Waals surface area contributed by atoms with E-state index >= 15 is 0 Å². The number of benzene rings is 1. The molecular formula is C30H30ClF3N8O5. The molecule has 0 spiro atoms. The molecule has 0 aliphatic carbocycles. The fourth-order valence-corrected chi connectivity index (χ4v) is 5.64. The van der Waals surface area contributed by atoms with E-state index in [0.717, 1.165) is 18.2 Å². The van der Waals surface area contributed by atoms with Crippen molar-refractivity contribution in [3.05, 3.63) is 68.1 Å². The van der Waals surface area contributed by atoms with Crippen molar-refractivity contribution in [2.24, 2.45) is 0 Å². The molecule has 5 rings (SSSR count). The second kappa shape index (κ2) is 13.0. The van der Waals surface area contributed by atoms with Gasteiger partial charge < -0.3 is 29.5 Å². The molecule has 2 N–H and O–H groups in total. The van der Waals surface area contributed by atoms with Gasteiger partial charge >= 0.3 is 6.18 Å². The van der Waals surface area contributed by atoms with E-state index in [2.05, 4.69) is 25.3 Å². The van der Waals surface area contributed by atoms with Gasteiger partial charge in [0.2, 0.25) is 17.2 Å². The Balaban J connectivity index is 1.50. The molecule has 4 aromatic rings. The summed E-state index contributed by atoms with van der Waals surface area (Å²) in [6.45, 7) is 5.46. The summed E-state index contributed by atoms with van der Waals surface area (Å²) in [5.41, 5.74) is -0.150. The Hall–Kier alpha value is -4.99. The normalized spacial score (nSPS) is 13.6. The number of alkyl halides is 3. The molecule has 2 amide bonds. The molecule has 1 aliphatic heterocycles. The SMILES string of the molecule is CCc1c(N2CCN(C(=O)c3ncnc(C)c3O)CC2)c(=O)c2nc(OC)c(C)nc2n1CC(=O)Nc1ccc(C(F)(F)F)cc1Cl. The molecule has 47 heavy (non-hydrogen) atoms. The molecule has 3 aromatic heterocycles. The van der Waals surface area contributed by atoms with E-state index < -0.39 is 29.0 Å². The molecule has 1 saturated heterocycles. The smallest absolute Gasteiger partial charge is 0.416 e. The van der Waals surface area contributed by atoms with Gasteiger partial charge in [0, 0.05) is 31.9 Å². The Labute approximate surface area is 271 Å². The molecule has 17 heteroatoms. The van der Waals surface area contributed by atoms with Gasteiger partial charge in [0.25, 0.3) is 5.91 Å². The second-order valence-electron chi connectivity index (χ2n) is 10.7. The second-order valence-corrected chi connectivity index (χ2v) is 11.1. The maximum absolute atomic E-state index is 14.0. The topological polar surface area (TPSA) is 156 Å². The van der Waals surface area contributed by atoms with Gasteiger partial charge in [0.05, 0.1) is 29.1 Å². The van der Waals surface area contributed by atoms with Gasteiger partial charge in [-0.15, -0.1) is 0 Å². The Morgan fingerprint density at radius 3 is 2.40 bits per heavy atom. The molecule has 1 fully saturated rings. The highest BCUT2D eigenvalue weighted by Gasteiger charge is 2.32. The maximum atomic E-state index is 14.0. The van der Waals surface area contributed by atoms with Crippen LogP contribution >= 0.6 is 11.6 Å². The van der Waals surface area contributed by atoms with Crippen molar-refractivity contribution < 1.29 is 32.6 Å². The zero-order chi connectivity index (χ0) is 34.2. The molecule has 248 valence electrons. The molecule has 0 saturated carbocycles. The van der Waals surface area contributed by atoms with Crippen molar-refractivity contribution in [3.63, 3.8) is 0 Å². The van der Waals surface area contributed by atoms with Gasteiger partial charge in [-0.3, -0.25) is 14.4 Å². The van der Waals surface area contributed by atoms with Crippen LogP contribution in [0.5, 0.6) is 11.6 Å². The van der Waals surface area contributed by atoms with E-state index in [1.54, 1.807) is 25.7 Å². The number of piperazine rings is 1. The van der Waals surface area contributed by atoms with Gasteiger partial charge in [-0.25, -0.2) is 19.9 Å². The molecule has 0 atom stereocenters. The number of carbonyl (C=O) groups is 2. The number of carbonyl (C=O) groups excluding carboxylic acids is 2. The Kier molecular flexibility index (Phi) is 9.25. The van der Waals surface area contributed by atoms with E-state index in [0.29, 0.717) is 11.4 Å². The van der Waals surface area contributed by atoms with Crippen LogP contribution in [0.4, 0.5) is 24.5 Å². The molecular weight excluding hydrogens is 645 g/mol. The third-order valence-corrected chi connectivity index (χ3v) is 8.10. The highest BCUT2D eigenvalue weighted by Crippen LogP contribution is 2.34. The van der Waals surface area contributed by atoms with Gasteiger partial charge in [0.15, 0.2) is 22.6 Å². The summed E-state index contributed by atoms with van der Waals surface area (Å²) < 4.78 is 46.2. The standard InChI is InChI=1S/C30H30ClF3N8O5/c1-5-20-24(40-8-10-41(11-9-40)29(46)23-25(44)15(2)35-14-36-23)26(45)22-27(37-16(3)28(39-22)47-4)42(20)13-21(43)38-19-7-6-17(12-18(19)31)30(32,33)34/h6-7,12,14,44H,5,8-11,13H2,1-4H3,(H,38,43). The van der Waals surface area contributed by atoms with E-state index in [4.69, 9.17) is 16.3 Å². The number of fused-ring (bicyclic) bond motifs is 1. The van der Waals surface area contributed by atoms with Gasteiger partial charge in [-0.2, -0.15) is 13.2 Å². The minimum atomic E-state index is -4.61. The first-order valence-electron chi connectivity index (χ1n) is 14.4. The van der Waals surface area contributed by atoms with Gasteiger partial charge in [-0.1, -0.05) is 18.5 Å². The minimum Gasteiger partial charge on any atom is -0.504 e. The monoisotopic (exact) mass is 674 g/mol. The number of aromatic nitrogens is 5. The van der Waals surface area contributed by atoms with Gasteiger partial charge in [0.1, 0.15) is 24.3 Å². The Morgan fingerprint density at radius 1 is 1.09 bits per heavy atom. The first-order chi connectivity index (χ1) is 22.2. The number of ether oxygens (including phenoxy) is 1. The number of nitrogens with one attached hydrogen (secondary N) is 1. The lowest BCUT2D eigenvalue weighted by atomic mass is 10.1. The summed E-state index contributed by atoms with van der Waals surface area (Å²) >= 11 is 6.07. The fraction of sp³-hybridized carbons (Fsp3) is 0.367. The summed E-state index contributed by atoms with van der Waals surface area (Å²) in [5.74, 6) is -1.30. The van der Waals surface area contributed by atoms with E-state index in [1.165, 1.54) is 22.9 Å². The van der Waals surface area contributed by atoms with Crippen LogP contribution in [0.3, 0.4) is 0 Å². The lowest BCUT2D eigenvalue weighted by Gasteiger charge is -2.37. The van der Waals surface area contributed by atoms with Crippen LogP contribution in [0.25, 0.3) is 11.2 Å². The predicted octanol–water partition coefficient (Wildman–Crippen LogP) is 3.75. The largest absolute Gasteiger partial charge is 0.504 e. The van der Waals surface area contributed by atoms with E-state index in [9.17, 15) is 32.7 Å². The number of nitrogens with zero attached hydrogens (tertiary/aromatic N) is 7. The summed E-state index contributed by atoms with van der Waals surface area (Å²) in [6.07, 6.45) is -3.13. The van der Waals surface area contributed by atoms with Crippen molar-refractivity contribution in [3.8, 4) is 11.6 Å². The number of amides is 2. The van der Waals surface area contributed by atoms with Crippen molar-refractivity contribution in [2.75, 3.05) is 43.5 Å². The number of hydrogen-bond acceptors (Lipinski definition) is 10. The molecule has 1 aromatic carbocycles. The lowest BCUT2D eigenvalue weighted by molar-refractivity contribution is -0.137. The van der Waals surface area contributed by atoms with Crippen LogP contribution < -0.4 is 20.4 Å². The number of aryl methyl sites for hydroxylation is 2. The zero-order valence-electron chi connectivity index (χ0n) is 25.8. The average Bonchev–Trinajstić information content (AvgIpc) is 3.03. The minimum absolute atomic E-state index is 0.0251. The molecule has 4 heterocycles. The summed E-state index contributed by atoms with van der Waals surface area (Å²) in [4.78, 5) is 60.6.